The van der Waals surface area contributed by atoms with Crippen molar-refractivity contribution in [2.75, 3.05) is 13.1 Å². The maximum Gasteiger partial charge on any atom is 1.00 e. The SMILES string of the molecule is CC(=O)O.NCCN.[Na+].[Na+].[Na+].[Na+]. The summed E-state index contributed by atoms with van der Waals surface area (Å²) in [5.74, 6) is -0.833. The van der Waals surface area contributed by atoms with Crippen LogP contribution in [0.1, 0.15) is 6.92 Å². The molecule has 12 heavy (non-hydrogen) atoms. The zero-order valence-electron chi connectivity index (χ0n) is 8.92. The molecule has 8 heteroatoms. The van der Waals surface area contributed by atoms with E-state index in [2.05, 4.69) is 0 Å². The van der Waals surface area contributed by atoms with Crippen molar-refractivity contribution in [3.05, 3.63) is 0 Å². The average molecular weight is 212 g/mol. The maximum absolute atomic E-state index is 9.00. The molecule has 0 aliphatic heterocycles. The molecular weight excluding hydrogens is 200 g/mol. The summed E-state index contributed by atoms with van der Waals surface area (Å²) >= 11 is 0. The molecule has 0 rings (SSSR count). The van der Waals surface area contributed by atoms with Crippen molar-refractivity contribution in [2.24, 2.45) is 11.5 Å². The predicted molar refractivity (Wildman–Crippen MR) is 31.4 cm³/mol. The quantitative estimate of drug-likeness (QED) is 0.376. The van der Waals surface area contributed by atoms with Crippen LogP contribution in [0, 0.1) is 0 Å². The number of aliphatic carboxylic acids is 1. The molecule has 5 N–H and O–H groups in total. The molecule has 0 aromatic rings. The fourth-order valence-corrected chi connectivity index (χ4v) is 0. The van der Waals surface area contributed by atoms with Crippen molar-refractivity contribution in [1.82, 2.24) is 0 Å². The van der Waals surface area contributed by atoms with Crippen LogP contribution in [0.25, 0.3) is 0 Å². The van der Waals surface area contributed by atoms with Gasteiger partial charge in [-0.2, -0.15) is 0 Å². The summed E-state index contributed by atoms with van der Waals surface area (Å²) in [6, 6.07) is 0. The summed E-state index contributed by atoms with van der Waals surface area (Å²) in [7, 11) is 0. The molecule has 0 aliphatic rings. The number of hydrogen-bond donors (Lipinski definition) is 3. The predicted octanol–water partition coefficient (Wildman–Crippen LogP) is -13.0. The van der Waals surface area contributed by atoms with Crippen molar-refractivity contribution in [1.29, 1.82) is 0 Å². The molecule has 0 aromatic carbocycles. The van der Waals surface area contributed by atoms with Gasteiger partial charge in [-0.05, 0) is 0 Å². The van der Waals surface area contributed by atoms with Gasteiger partial charge in [0.1, 0.15) is 0 Å². The van der Waals surface area contributed by atoms with Gasteiger partial charge in [0, 0.05) is 20.0 Å². The zero-order chi connectivity index (χ0) is 6.99. The summed E-state index contributed by atoms with van der Waals surface area (Å²) in [5.41, 5.74) is 9.81. The van der Waals surface area contributed by atoms with Crippen LogP contribution in [0.2, 0.25) is 0 Å². The first-order valence-corrected chi connectivity index (χ1v) is 2.24. The molecule has 0 amide bonds. The second-order valence-corrected chi connectivity index (χ2v) is 1.10. The molecule has 0 heterocycles. The molecule has 0 bridgehead atoms. The Bertz CT molecular complexity index is 61.0. The van der Waals surface area contributed by atoms with E-state index < -0.39 is 5.97 Å². The van der Waals surface area contributed by atoms with Gasteiger partial charge in [0.15, 0.2) is 0 Å². The van der Waals surface area contributed by atoms with Crippen molar-refractivity contribution in [3.8, 4) is 0 Å². The Morgan fingerprint density at radius 2 is 1.17 bits per heavy atom. The molecule has 0 aromatic heterocycles. The summed E-state index contributed by atoms with van der Waals surface area (Å²) in [4.78, 5) is 9.00. The van der Waals surface area contributed by atoms with E-state index in [-0.39, 0.29) is 118 Å². The van der Waals surface area contributed by atoms with Crippen LogP contribution >= 0.6 is 0 Å². The molecule has 0 saturated heterocycles. The zero-order valence-corrected chi connectivity index (χ0v) is 16.9. The van der Waals surface area contributed by atoms with Gasteiger partial charge in [-0.3, -0.25) is 4.79 Å². The molecule has 0 atom stereocenters. The number of carbonyl (C=O) groups is 1. The number of carboxylic acid groups (broad SMARTS) is 1. The van der Waals surface area contributed by atoms with E-state index in [4.69, 9.17) is 21.4 Å². The van der Waals surface area contributed by atoms with Crippen LogP contribution in [-0.4, -0.2) is 24.2 Å². The van der Waals surface area contributed by atoms with E-state index in [1.807, 2.05) is 0 Å². The van der Waals surface area contributed by atoms with Gasteiger partial charge in [-0.1, -0.05) is 0 Å². The second kappa shape index (κ2) is 36.7. The molecule has 0 radical (unpaired) electrons. The van der Waals surface area contributed by atoms with Crippen LogP contribution in [0.3, 0.4) is 0 Å². The van der Waals surface area contributed by atoms with Crippen LogP contribution < -0.4 is 130 Å². The van der Waals surface area contributed by atoms with Crippen molar-refractivity contribution in [3.63, 3.8) is 0 Å². The maximum atomic E-state index is 9.00. The molecule has 0 saturated carbocycles. The fraction of sp³-hybridized carbons (Fsp3) is 0.750. The first kappa shape index (κ1) is 36.1. The molecule has 0 spiro atoms. The summed E-state index contributed by atoms with van der Waals surface area (Å²) in [6.45, 7) is 2.28. The van der Waals surface area contributed by atoms with Crippen molar-refractivity contribution >= 4 is 5.97 Å². The fourth-order valence-electron chi connectivity index (χ4n) is 0. The molecule has 50 valence electrons. The van der Waals surface area contributed by atoms with Crippen molar-refractivity contribution < 1.29 is 128 Å². The van der Waals surface area contributed by atoms with Crippen LogP contribution in [0.5, 0.6) is 0 Å². The minimum absolute atomic E-state index is 0. The largest absolute Gasteiger partial charge is 1.00 e. The van der Waals surface area contributed by atoms with Gasteiger partial charge < -0.3 is 16.6 Å². The minimum atomic E-state index is -0.833. The third-order valence-electron chi connectivity index (χ3n) is 0.167. The van der Waals surface area contributed by atoms with Gasteiger partial charge in [-0.15, -0.1) is 0 Å². The van der Waals surface area contributed by atoms with Crippen LogP contribution in [-0.2, 0) is 4.79 Å². The van der Waals surface area contributed by atoms with E-state index in [0.29, 0.717) is 13.1 Å². The standard InChI is InChI=1S/C2H8N2.C2H4O2.4Na/c3-1-2-4;1-2(3)4;;;;/h1-4H2;1H3,(H,3,4);;;;/q;;4*+1. The number of rotatable bonds is 1. The smallest absolute Gasteiger partial charge is 0.481 e. The van der Waals surface area contributed by atoms with Gasteiger partial charge in [-0.25, -0.2) is 0 Å². The first-order valence-electron chi connectivity index (χ1n) is 2.24. The number of hydrogen-bond acceptors (Lipinski definition) is 3. The first-order chi connectivity index (χ1) is 3.65. The molecule has 4 nitrogen and oxygen atoms in total. The average Bonchev–Trinajstić information content (AvgIpc) is 1.65. The Hall–Kier alpha value is 3.39. The monoisotopic (exact) mass is 212 g/mol. The second-order valence-electron chi connectivity index (χ2n) is 1.10. The number of nitrogens with two attached hydrogens (primary N) is 2. The Morgan fingerprint density at radius 3 is 1.17 bits per heavy atom. The minimum Gasteiger partial charge on any atom is -0.481 e. The van der Waals surface area contributed by atoms with Gasteiger partial charge in [0.05, 0.1) is 0 Å². The number of carboxylic acids is 1. The van der Waals surface area contributed by atoms with Crippen LogP contribution in [0.15, 0.2) is 0 Å². The van der Waals surface area contributed by atoms with Gasteiger partial charge in [0.2, 0.25) is 0 Å². The molecular formula is C4H12N2Na4O2+4. The summed E-state index contributed by atoms with van der Waals surface area (Å²) in [5, 5.41) is 7.42. The van der Waals surface area contributed by atoms with Crippen LogP contribution in [0.4, 0.5) is 0 Å². The Labute approximate surface area is 162 Å². The van der Waals surface area contributed by atoms with Crippen molar-refractivity contribution in [2.45, 2.75) is 6.92 Å². The summed E-state index contributed by atoms with van der Waals surface area (Å²) < 4.78 is 0. The topological polar surface area (TPSA) is 89.3 Å². The Balaban J connectivity index is -0.0000000112. The van der Waals surface area contributed by atoms with E-state index >= 15 is 0 Å². The van der Waals surface area contributed by atoms with E-state index in [1.54, 1.807) is 0 Å². The van der Waals surface area contributed by atoms with E-state index in [9.17, 15) is 0 Å². The van der Waals surface area contributed by atoms with Gasteiger partial charge in [0.25, 0.3) is 5.97 Å². The third kappa shape index (κ3) is 107. The normalized spacial score (nSPS) is 4.58. The van der Waals surface area contributed by atoms with E-state index in [1.165, 1.54) is 0 Å². The third-order valence-corrected chi connectivity index (χ3v) is 0.167. The Kier molecular flexibility index (Phi) is 110. The molecule has 0 unspecified atom stereocenters. The molecule has 0 fully saturated rings. The molecule has 0 aliphatic carbocycles. The summed E-state index contributed by atoms with van der Waals surface area (Å²) in [6.07, 6.45) is 0. The van der Waals surface area contributed by atoms with E-state index in [0.717, 1.165) is 6.92 Å². The van der Waals surface area contributed by atoms with Gasteiger partial charge >= 0.3 is 118 Å². The Morgan fingerprint density at radius 1 is 1.08 bits per heavy atom.